The summed E-state index contributed by atoms with van der Waals surface area (Å²) in [5.74, 6) is 0. The van der Waals surface area contributed by atoms with Crippen LogP contribution in [0.3, 0.4) is 0 Å². The zero-order valence-electron chi connectivity index (χ0n) is 11.1. The van der Waals surface area contributed by atoms with E-state index in [0.717, 1.165) is 13.1 Å². The molecule has 0 bridgehead atoms. The smallest absolute Gasteiger partial charge is 0.0418 e. The van der Waals surface area contributed by atoms with E-state index in [1.165, 1.54) is 26.2 Å². The number of aryl methyl sites for hydroxylation is 1. The van der Waals surface area contributed by atoms with E-state index in [9.17, 15) is 0 Å². The summed E-state index contributed by atoms with van der Waals surface area (Å²) in [6.07, 6.45) is 0. The molecule has 2 nitrogen and oxygen atoms in total. The van der Waals surface area contributed by atoms with Gasteiger partial charge in [0.25, 0.3) is 0 Å². The average molecular weight is 354 g/mol. The Hall–Kier alpha value is -0.970. The largest absolute Gasteiger partial charge is 0.381 e. The summed E-state index contributed by atoms with van der Waals surface area (Å²) >= 11 is 2.32. The Morgan fingerprint density at radius 1 is 1.17 bits per heavy atom. The predicted octanol–water partition coefficient (Wildman–Crippen LogP) is 4.34. The number of anilines is 1. The minimum Gasteiger partial charge on any atom is -0.381 e. The van der Waals surface area contributed by atoms with Gasteiger partial charge in [-0.3, -0.25) is 0 Å². The number of benzene rings is 1. The second-order valence-electron chi connectivity index (χ2n) is 4.50. The van der Waals surface area contributed by atoms with Gasteiger partial charge in [-0.2, -0.15) is 0 Å². The van der Waals surface area contributed by atoms with Crippen LogP contribution in [0, 0.1) is 17.4 Å². The van der Waals surface area contributed by atoms with E-state index < -0.39 is 0 Å². The molecular formula is C15H19IN2. The lowest BCUT2D eigenvalue weighted by Crippen LogP contribution is -2.03. The Bertz CT molecular complexity index is 526. The standard InChI is InChI=1S/C15H19IN2/c1-4-18-11(2)9-13(12(18)3)10-17-15-7-5-14(16)6-8-15/h5-9,17H,4,10H2,1-3H3. The molecule has 0 amide bonds. The van der Waals surface area contributed by atoms with Crippen molar-refractivity contribution in [2.75, 3.05) is 5.32 Å². The lowest BCUT2D eigenvalue weighted by Gasteiger charge is -2.08. The fourth-order valence-electron chi connectivity index (χ4n) is 2.30. The molecule has 0 unspecified atom stereocenters. The van der Waals surface area contributed by atoms with Gasteiger partial charge in [0.15, 0.2) is 0 Å². The van der Waals surface area contributed by atoms with Crippen LogP contribution in [0.5, 0.6) is 0 Å². The molecule has 0 radical (unpaired) electrons. The summed E-state index contributed by atoms with van der Waals surface area (Å²) in [7, 11) is 0. The minimum atomic E-state index is 0.889. The molecule has 18 heavy (non-hydrogen) atoms. The molecule has 1 heterocycles. The maximum atomic E-state index is 3.48. The molecule has 0 aliphatic carbocycles. The Labute approximate surface area is 123 Å². The normalized spacial score (nSPS) is 10.7. The van der Waals surface area contributed by atoms with Crippen molar-refractivity contribution in [1.82, 2.24) is 4.57 Å². The van der Waals surface area contributed by atoms with Crippen molar-refractivity contribution in [3.05, 3.63) is 50.9 Å². The molecule has 0 aliphatic rings. The highest BCUT2D eigenvalue weighted by molar-refractivity contribution is 14.1. The van der Waals surface area contributed by atoms with Crippen LogP contribution in [-0.4, -0.2) is 4.57 Å². The molecule has 1 aromatic heterocycles. The van der Waals surface area contributed by atoms with Crippen molar-refractivity contribution in [2.45, 2.75) is 33.9 Å². The van der Waals surface area contributed by atoms with E-state index in [0.29, 0.717) is 0 Å². The highest BCUT2D eigenvalue weighted by Crippen LogP contribution is 2.17. The van der Waals surface area contributed by atoms with Gasteiger partial charge >= 0.3 is 0 Å². The summed E-state index contributed by atoms with van der Waals surface area (Å²) in [6, 6.07) is 10.8. The molecule has 0 atom stereocenters. The highest BCUT2D eigenvalue weighted by atomic mass is 127. The number of hydrogen-bond acceptors (Lipinski definition) is 1. The van der Waals surface area contributed by atoms with Crippen molar-refractivity contribution < 1.29 is 0 Å². The number of aromatic nitrogens is 1. The summed E-state index contributed by atoms with van der Waals surface area (Å²) in [5, 5.41) is 3.48. The van der Waals surface area contributed by atoms with E-state index in [1.54, 1.807) is 0 Å². The lowest BCUT2D eigenvalue weighted by molar-refractivity contribution is 0.715. The molecule has 0 spiro atoms. The maximum Gasteiger partial charge on any atom is 0.0418 e. The monoisotopic (exact) mass is 354 g/mol. The van der Waals surface area contributed by atoms with Crippen LogP contribution in [0.2, 0.25) is 0 Å². The second kappa shape index (κ2) is 5.78. The fourth-order valence-corrected chi connectivity index (χ4v) is 2.66. The van der Waals surface area contributed by atoms with Crippen LogP contribution in [0.1, 0.15) is 23.9 Å². The summed E-state index contributed by atoms with van der Waals surface area (Å²) in [4.78, 5) is 0. The SMILES string of the molecule is CCn1c(C)cc(CNc2ccc(I)cc2)c1C. The minimum absolute atomic E-state index is 0.889. The van der Waals surface area contributed by atoms with Gasteiger partial charge in [0.1, 0.15) is 0 Å². The first-order chi connectivity index (χ1) is 8.61. The Morgan fingerprint density at radius 2 is 1.83 bits per heavy atom. The van der Waals surface area contributed by atoms with Crippen molar-refractivity contribution in [3.63, 3.8) is 0 Å². The van der Waals surface area contributed by atoms with Crippen LogP contribution >= 0.6 is 22.6 Å². The van der Waals surface area contributed by atoms with Crippen molar-refractivity contribution in [3.8, 4) is 0 Å². The number of nitrogens with zero attached hydrogens (tertiary/aromatic N) is 1. The van der Waals surface area contributed by atoms with Gasteiger partial charge in [0, 0.05) is 33.7 Å². The molecule has 3 heteroatoms. The lowest BCUT2D eigenvalue weighted by atomic mass is 10.2. The molecule has 0 saturated carbocycles. The molecule has 0 aliphatic heterocycles. The molecule has 96 valence electrons. The molecular weight excluding hydrogens is 335 g/mol. The third-order valence-electron chi connectivity index (χ3n) is 3.32. The van der Waals surface area contributed by atoms with E-state index in [-0.39, 0.29) is 0 Å². The summed E-state index contributed by atoms with van der Waals surface area (Å²) in [6.45, 7) is 8.49. The topological polar surface area (TPSA) is 17.0 Å². The van der Waals surface area contributed by atoms with Crippen molar-refractivity contribution in [2.24, 2.45) is 0 Å². The first kappa shape index (κ1) is 13.5. The third-order valence-corrected chi connectivity index (χ3v) is 4.04. The van der Waals surface area contributed by atoms with Gasteiger partial charge in [-0.15, -0.1) is 0 Å². The third kappa shape index (κ3) is 2.88. The molecule has 2 rings (SSSR count). The Morgan fingerprint density at radius 3 is 2.39 bits per heavy atom. The molecule has 0 fully saturated rings. The van der Waals surface area contributed by atoms with Crippen molar-refractivity contribution in [1.29, 1.82) is 0 Å². The van der Waals surface area contributed by atoms with E-state index >= 15 is 0 Å². The van der Waals surface area contributed by atoms with Crippen LogP contribution in [-0.2, 0) is 13.1 Å². The van der Waals surface area contributed by atoms with Gasteiger partial charge in [-0.25, -0.2) is 0 Å². The maximum absolute atomic E-state index is 3.48. The summed E-state index contributed by atoms with van der Waals surface area (Å²) < 4.78 is 3.62. The molecule has 2 aromatic rings. The first-order valence-corrected chi connectivity index (χ1v) is 7.34. The zero-order valence-corrected chi connectivity index (χ0v) is 13.3. The number of halogens is 1. The van der Waals surface area contributed by atoms with Gasteiger partial charge in [0.2, 0.25) is 0 Å². The second-order valence-corrected chi connectivity index (χ2v) is 5.75. The molecule has 0 saturated heterocycles. The number of nitrogens with one attached hydrogen (secondary N) is 1. The average Bonchev–Trinajstić information content (AvgIpc) is 2.63. The first-order valence-electron chi connectivity index (χ1n) is 6.27. The van der Waals surface area contributed by atoms with Crippen LogP contribution in [0.25, 0.3) is 0 Å². The number of rotatable bonds is 4. The Kier molecular flexibility index (Phi) is 4.32. The van der Waals surface area contributed by atoms with Crippen LogP contribution < -0.4 is 5.32 Å². The summed E-state index contributed by atoms with van der Waals surface area (Å²) in [5.41, 5.74) is 5.27. The van der Waals surface area contributed by atoms with E-state index in [2.05, 4.69) is 83.6 Å². The van der Waals surface area contributed by atoms with E-state index in [4.69, 9.17) is 0 Å². The molecule has 1 N–H and O–H groups in total. The highest BCUT2D eigenvalue weighted by Gasteiger charge is 2.07. The van der Waals surface area contributed by atoms with Crippen LogP contribution in [0.4, 0.5) is 5.69 Å². The van der Waals surface area contributed by atoms with Crippen molar-refractivity contribution >= 4 is 28.3 Å². The van der Waals surface area contributed by atoms with Gasteiger partial charge in [0.05, 0.1) is 0 Å². The van der Waals surface area contributed by atoms with Crippen LogP contribution in [0.15, 0.2) is 30.3 Å². The molecule has 1 aromatic carbocycles. The van der Waals surface area contributed by atoms with Gasteiger partial charge in [-0.05, 0) is 79.3 Å². The quantitative estimate of drug-likeness (QED) is 0.809. The Balaban J connectivity index is 2.08. The fraction of sp³-hybridized carbons (Fsp3) is 0.333. The zero-order chi connectivity index (χ0) is 13.1. The van der Waals surface area contributed by atoms with E-state index in [1.807, 2.05) is 0 Å². The van der Waals surface area contributed by atoms with Gasteiger partial charge in [-0.1, -0.05) is 0 Å². The predicted molar refractivity (Wildman–Crippen MR) is 86.1 cm³/mol. The van der Waals surface area contributed by atoms with Gasteiger partial charge < -0.3 is 9.88 Å². The number of hydrogen-bond donors (Lipinski definition) is 1.